The van der Waals surface area contributed by atoms with Gasteiger partial charge in [-0.05, 0) is 25.7 Å². The standard InChI is InChI=1S/C13H17N5/c1-18-8-9(7-15-18)13-16-11-6-4-2-3-5-10(11)12(14)17-13/h7-8H,2-6H2,1H3,(H2,14,16,17). The summed E-state index contributed by atoms with van der Waals surface area (Å²) in [6, 6.07) is 0. The van der Waals surface area contributed by atoms with E-state index in [-0.39, 0.29) is 0 Å². The minimum absolute atomic E-state index is 0.640. The Hall–Kier alpha value is -1.91. The summed E-state index contributed by atoms with van der Waals surface area (Å²) in [5.74, 6) is 1.34. The number of anilines is 1. The second kappa shape index (κ2) is 4.40. The van der Waals surface area contributed by atoms with Crippen LogP contribution in [0.3, 0.4) is 0 Å². The first-order valence-corrected chi connectivity index (χ1v) is 6.38. The monoisotopic (exact) mass is 243 g/mol. The second-order valence-corrected chi connectivity index (χ2v) is 4.82. The molecule has 2 aromatic heterocycles. The molecule has 0 bridgehead atoms. The Kier molecular flexibility index (Phi) is 2.74. The van der Waals surface area contributed by atoms with Crippen LogP contribution in [-0.2, 0) is 19.9 Å². The Morgan fingerprint density at radius 2 is 2.00 bits per heavy atom. The van der Waals surface area contributed by atoms with E-state index in [9.17, 15) is 0 Å². The lowest BCUT2D eigenvalue weighted by atomic mass is 10.1. The van der Waals surface area contributed by atoms with Crippen molar-refractivity contribution in [1.29, 1.82) is 0 Å². The Morgan fingerprint density at radius 1 is 1.17 bits per heavy atom. The predicted molar refractivity (Wildman–Crippen MR) is 69.9 cm³/mol. The van der Waals surface area contributed by atoms with Crippen LogP contribution in [-0.4, -0.2) is 19.7 Å². The molecule has 5 heteroatoms. The molecule has 94 valence electrons. The number of fused-ring (bicyclic) bond motifs is 1. The Bertz CT molecular complexity index is 573. The van der Waals surface area contributed by atoms with Crippen LogP contribution in [0.4, 0.5) is 5.82 Å². The van der Waals surface area contributed by atoms with Crippen LogP contribution in [0.1, 0.15) is 30.5 Å². The van der Waals surface area contributed by atoms with Crippen molar-refractivity contribution in [2.75, 3.05) is 5.73 Å². The number of nitrogens with zero attached hydrogens (tertiary/aromatic N) is 4. The summed E-state index contributed by atoms with van der Waals surface area (Å²) >= 11 is 0. The molecule has 5 nitrogen and oxygen atoms in total. The Labute approximate surface area is 106 Å². The third-order valence-corrected chi connectivity index (χ3v) is 3.43. The fourth-order valence-electron chi connectivity index (χ4n) is 2.47. The van der Waals surface area contributed by atoms with Gasteiger partial charge in [-0.2, -0.15) is 5.10 Å². The molecule has 0 spiro atoms. The number of aromatic nitrogens is 4. The quantitative estimate of drug-likeness (QED) is 0.774. The maximum Gasteiger partial charge on any atom is 0.164 e. The van der Waals surface area contributed by atoms with Crippen molar-refractivity contribution in [3.63, 3.8) is 0 Å². The number of nitrogens with two attached hydrogens (primary N) is 1. The lowest BCUT2D eigenvalue weighted by Crippen LogP contribution is -2.06. The summed E-state index contributed by atoms with van der Waals surface area (Å²) in [5, 5.41) is 4.15. The zero-order valence-corrected chi connectivity index (χ0v) is 10.6. The van der Waals surface area contributed by atoms with Gasteiger partial charge in [0, 0.05) is 24.5 Å². The molecule has 1 aliphatic rings. The maximum absolute atomic E-state index is 6.08. The van der Waals surface area contributed by atoms with E-state index in [4.69, 9.17) is 5.73 Å². The molecule has 2 heterocycles. The van der Waals surface area contributed by atoms with E-state index in [2.05, 4.69) is 15.1 Å². The molecule has 0 aromatic carbocycles. The molecule has 0 amide bonds. The van der Waals surface area contributed by atoms with Crippen molar-refractivity contribution in [3.8, 4) is 11.4 Å². The Morgan fingerprint density at radius 3 is 2.78 bits per heavy atom. The molecule has 0 fully saturated rings. The van der Waals surface area contributed by atoms with Crippen molar-refractivity contribution in [1.82, 2.24) is 19.7 Å². The predicted octanol–water partition coefficient (Wildman–Crippen LogP) is 1.73. The van der Waals surface area contributed by atoms with Crippen LogP contribution < -0.4 is 5.73 Å². The van der Waals surface area contributed by atoms with Crippen LogP contribution in [0.25, 0.3) is 11.4 Å². The van der Waals surface area contributed by atoms with Gasteiger partial charge in [-0.15, -0.1) is 0 Å². The Balaban J connectivity index is 2.07. The van der Waals surface area contributed by atoms with Crippen LogP contribution in [0.5, 0.6) is 0 Å². The zero-order valence-electron chi connectivity index (χ0n) is 10.6. The SMILES string of the molecule is Cn1cc(-c2nc(N)c3c(n2)CCCCC3)cn1. The highest BCUT2D eigenvalue weighted by Crippen LogP contribution is 2.25. The number of hydrogen-bond acceptors (Lipinski definition) is 4. The molecular formula is C13H17N5. The smallest absolute Gasteiger partial charge is 0.164 e. The topological polar surface area (TPSA) is 69.6 Å². The molecular weight excluding hydrogens is 226 g/mol. The number of nitrogen functional groups attached to an aromatic ring is 1. The molecule has 2 N–H and O–H groups in total. The van der Waals surface area contributed by atoms with E-state index >= 15 is 0 Å². The molecule has 0 atom stereocenters. The fraction of sp³-hybridized carbons (Fsp3) is 0.462. The van der Waals surface area contributed by atoms with Gasteiger partial charge in [0.05, 0.1) is 11.8 Å². The van der Waals surface area contributed by atoms with E-state index in [1.807, 2.05) is 13.2 Å². The lowest BCUT2D eigenvalue weighted by molar-refractivity contribution is 0.709. The summed E-state index contributed by atoms with van der Waals surface area (Å²) in [6.45, 7) is 0. The number of aryl methyl sites for hydroxylation is 2. The van der Waals surface area contributed by atoms with Crippen LogP contribution in [0, 0.1) is 0 Å². The van der Waals surface area contributed by atoms with Crippen LogP contribution in [0.15, 0.2) is 12.4 Å². The molecule has 0 radical (unpaired) electrons. The van der Waals surface area contributed by atoms with Gasteiger partial charge in [-0.3, -0.25) is 4.68 Å². The van der Waals surface area contributed by atoms with Crippen molar-refractivity contribution < 1.29 is 0 Å². The van der Waals surface area contributed by atoms with Crippen molar-refractivity contribution >= 4 is 5.82 Å². The summed E-state index contributed by atoms with van der Waals surface area (Å²) in [6.07, 6.45) is 9.33. The molecule has 3 rings (SSSR count). The molecule has 1 aliphatic carbocycles. The molecule has 2 aromatic rings. The average Bonchev–Trinajstić information content (AvgIpc) is 2.63. The van der Waals surface area contributed by atoms with E-state index in [1.54, 1.807) is 10.9 Å². The van der Waals surface area contributed by atoms with E-state index in [1.165, 1.54) is 19.3 Å². The minimum Gasteiger partial charge on any atom is -0.383 e. The van der Waals surface area contributed by atoms with Crippen molar-refractivity contribution in [2.24, 2.45) is 7.05 Å². The first kappa shape index (κ1) is 11.2. The van der Waals surface area contributed by atoms with Crippen molar-refractivity contribution in [2.45, 2.75) is 32.1 Å². The zero-order chi connectivity index (χ0) is 12.5. The maximum atomic E-state index is 6.08. The first-order chi connectivity index (χ1) is 8.74. The summed E-state index contributed by atoms with van der Waals surface area (Å²) in [4.78, 5) is 9.10. The largest absolute Gasteiger partial charge is 0.383 e. The van der Waals surface area contributed by atoms with Gasteiger partial charge >= 0.3 is 0 Å². The average molecular weight is 243 g/mol. The van der Waals surface area contributed by atoms with Gasteiger partial charge in [0.25, 0.3) is 0 Å². The van der Waals surface area contributed by atoms with Gasteiger partial charge in [-0.1, -0.05) is 6.42 Å². The van der Waals surface area contributed by atoms with Crippen LogP contribution in [0.2, 0.25) is 0 Å². The third-order valence-electron chi connectivity index (χ3n) is 3.43. The molecule has 0 aliphatic heterocycles. The molecule has 0 unspecified atom stereocenters. The highest BCUT2D eigenvalue weighted by molar-refractivity contribution is 5.57. The third kappa shape index (κ3) is 1.96. The molecule has 18 heavy (non-hydrogen) atoms. The van der Waals surface area contributed by atoms with Gasteiger partial charge in [0.2, 0.25) is 0 Å². The van der Waals surface area contributed by atoms with Gasteiger partial charge in [0.15, 0.2) is 5.82 Å². The van der Waals surface area contributed by atoms with Gasteiger partial charge in [-0.25, -0.2) is 9.97 Å². The van der Waals surface area contributed by atoms with Gasteiger partial charge in [0.1, 0.15) is 5.82 Å². The number of rotatable bonds is 1. The highest BCUT2D eigenvalue weighted by atomic mass is 15.2. The van der Waals surface area contributed by atoms with E-state index < -0.39 is 0 Å². The second-order valence-electron chi connectivity index (χ2n) is 4.82. The first-order valence-electron chi connectivity index (χ1n) is 6.38. The lowest BCUT2D eigenvalue weighted by Gasteiger charge is -2.09. The fourth-order valence-corrected chi connectivity index (χ4v) is 2.47. The number of hydrogen-bond donors (Lipinski definition) is 1. The highest BCUT2D eigenvalue weighted by Gasteiger charge is 2.16. The van der Waals surface area contributed by atoms with Crippen LogP contribution >= 0.6 is 0 Å². The van der Waals surface area contributed by atoms with Crippen molar-refractivity contribution in [3.05, 3.63) is 23.7 Å². The normalized spacial score (nSPS) is 15.2. The summed E-state index contributed by atoms with van der Waals surface area (Å²) in [5.41, 5.74) is 9.28. The van der Waals surface area contributed by atoms with E-state index in [0.717, 1.165) is 29.7 Å². The van der Waals surface area contributed by atoms with Gasteiger partial charge < -0.3 is 5.73 Å². The van der Waals surface area contributed by atoms with E-state index in [0.29, 0.717) is 11.6 Å². The summed E-state index contributed by atoms with van der Waals surface area (Å²) < 4.78 is 1.75. The molecule has 0 saturated heterocycles. The summed E-state index contributed by atoms with van der Waals surface area (Å²) in [7, 11) is 1.89. The molecule has 0 saturated carbocycles. The minimum atomic E-state index is 0.640.